The summed E-state index contributed by atoms with van der Waals surface area (Å²) in [5.41, 5.74) is 2.48. The Labute approximate surface area is 159 Å². The minimum absolute atomic E-state index is 0.353. The lowest BCUT2D eigenvalue weighted by Gasteiger charge is -2.22. The van der Waals surface area contributed by atoms with Crippen LogP contribution in [0.15, 0.2) is 59.5 Å². The first kappa shape index (κ1) is 17.4. The number of thioether (sulfide) groups is 1. The second kappa shape index (κ2) is 6.92. The molecule has 2 aromatic carbocycles. The van der Waals surface area contributed by atoms with Gasteiger partial charge >= 0.3 is 11.9 Å². The van der Waals surface area contributed by atoms with Crippen molar-refractivity contribution < 1.29 is 19.4 Å². The molecule has 1 aliphatic rings. The zero-order chi connectivity index (χ0) is 19.0. The van der Waals surface area contributed by atoms with Gasteiger partial charge < -0.3 is 9.84 Å². The van der Waals surface area contributed by atoms with Gasteiger partial charge in [0.05, 0.1) is 17.1 Å². The Kier molecular flexibility index (Phi) is 4.45. The highest BCUT2D eigenvalue weighted by Crippen LogP contribution is 2.41. The van der Waals surface area contributed by atoms with Crippen LogP contribution in [0.25, 0.3) is 16.9 Å². The van der Waals surface area contributed by atoms with Gasteiger partial charge in [0.1, 0.15) is 11.5 Å². The number of carbonyl (C=O) groups is 2. The number of aromatic nitrogens is 2. The summed E-state index contributed by atoms with van der Waals surface area (Å²) in [5, 5.41) is 9.79. The third kappa shape index (κ3) is 3.10. The average Bonchev–Trinajstić information content (AvgIpc) is 3.06. The first-order chi connectivity index (χ1) is 13.1. The maximum absolute atomic E-state index is 12.0. The summed E-state index contributed by atoms with van der Waals surface area (Å²) in [7, 11) is 0. The van der Waals surface area contributed by atoms with Crippen LogP contribution in [0.4, 0.5) is 0 Å². The van der Waals surface area contributed by atoms with Crippen LogP contribution in [0.3, 0.4) is 0 Å². The number of esters is 1. The summed E-state index contributed by atoms with van der Waals surface area (Å²) in [5.74, 6) is -0.564. The van der Waals surface area contributed by atoms with Gasteiger partial charge in [-0.05, 0) is 12.1 Å². The maximum Gasteiger partial charge on any atom is 0.351 e. The molecule has 0 fully saturated rings. The maximum atomic E-state index is 12.0. The van der Waals surface area contributed by atoms with E-state index in [2.05, 4.69) is 0 Å². The number of fused-ring (bicyclic) bond motifs is 3. The first-order valence-electron chi connectivity index (χ1n) is 8.35. The average molecular weight is 380 g/mol. The van der Waals surface area contributed by atoms with Gasteiger partial charge in [0.2, 0.25) is 6.10 Å². The van der Waals surface area contributed by atoms with E-state index in [0.29, 0.717) is 17.1 Å². The Morgan fingerprint density at radius 2 is 1.85 bits per heavy atom. The number of carboxylic acids is 1. The minimum Gasteiger partial charge on any atom is -0.478 e. The van der Waals surface area contributed by atoms with Crippen LogP contribution in [-0.4, -0.2) is 26.6 Å². The monoisotopic (exact) mass is 380 g/mol. The fourth-order valence-corrected chi connectivity index (χ4v) is 4.15. The highest BCUT2D eigenvalue weighted by Gasteiger charge is 2.35. The molecule has 3 aromatic rings. The smallest absolute Gasteiger partial charge is 0.351 e. The molecule has 0 saturated heterocycles. The molecule has 136 valence electrons. The number of carboxylic acid groups (broad SMARTS) is 1. The number of nitrogens with zero attached hydrogens (tertiary/aromatic N) is 2. The van der Waals surface area contributed by atoms with E-state index in [0.717, 1.165) is 22.0 Å². The normalized spacial score (nSPS) is 13.4. The number of imidazole rings is 1. The number of ether oxygens (including phenoxy) is 1. The van der Waals surface area contributed by atoms with E-state index in [1.165, 1.54) is 6.92 Å². The molecule has 1 N–H and O–H groups in total. The molecule has 2 heterocycles. The largest absolute Gasteiger partial charge is 0.478 e. The standard InChI is InChI=1S/C20H16N2O4S/c1-12(23)26-19(20(24)25)18-17(13-7-3-2-4-8-13)21-16-11-27-15-10-6-5-9-14(15)22(16)18/h2-10,19H,11H2,1H3,(H,24,25). The van der Waals surface area contributed by atoms with E-state index in [-0.39, 0.29) is 0 Å². The molecule has 1 aromatic heterocycles. The molecule has 0 amide bonds. The third-order valence-corrected chi connectivity index (χ3v) is 5.31. The van der Waals surface area contributed by atoms with Crippen LogP contribution in [0.1, 0.15) is 24.5 Å². The lowest BCUT2D eigenvalue weighted by molar-refractivity contribution is -0.163. The Hall–Kier alpha value is -3.06. The Bertz CT molecular complexity index is 1030. The molecule has 6 nitrogen and oxygen atoms in total. The van der Waals surface area contributed by atoms with E-state index in [1.807, 2.05) is 59.2 Å². The SMILES string of the molecule is CC(=O)OC(C(=O)O)c1c(-c2ccccc2)nc2n1-c1ccccc1SC2. The summed E-state index contributed by atoms with van der Waals surface area (Å²) in [4.78, 5) is 29.3. The highest BCUT2D eigenvalue weighted by atomic mass is 32.2. The topological polar surface area (TPSA) is 81.4 Å². The number of aliphatic carboxylic acids is 1. The molecule has 0 bridgehead atoms. The predicted octanol–water partition coefficient (Wildman–Crippen LogP) is 3.83. The second-order valence-corrected chi connectivity index (χ2v) is 7.06. The Morgan fingerprint density at radius 3 is 2.56 bits per heavy atom. The summed E-state index contributed by atoms with van der Waals surface area (Å²) in [6, 6.07) is 17.1. The van der Waals surface area contributed by atoms with Crippen LogP contribution < -0.4 is 0 Å². The lowest BCUT2D eigenvalue weighted by Crippen LogP contribution is -2.22. The number of hydrogen-bond acceptors (Lipinski definition) is 5. The number of para-hydroxylation sites is 1. The van der Waals surface area contributed by atoms with Crippen molar-refractivity contribution in [3.63, 3.8) is 0 Å². The predicted molar refractivity (Wildman–Crippen MR) is 101 cm³/mol. The zero-order valence-corrected chi connectivity index (χ0v) is 15.3. The van der Waals surface area contributed by atoms with Crippen LogP contribution in [-0.2, 0) is 20.1 Å². The van der Waals surface area contributed by atoms with Gasteiger partial charge in [-0.2, -0.15) is 0 Å². The fraction of sp³-hybridized carbons (Fsp3) is 0.150. The summed E-state index contributed by atoms with van der Waals surface area (Å²) in [6.07, 6.45) is -1.45. The van der Waals surface area contributed by atoms with E-state index in [1.54, 1.807) is 11.8 Å². The van der Waals surface area contributed by atoms with Crippen molar-refractivity contribution in [1.82, 2.24) is 9.55 Å². The van der Waals surface area contributed by atoms with Gasteiger partial charge in [0.15, 0.2) is 0 Å². The van der Waals surface area contributed by atoms with Crippen LogP contribution >= 0.6 is 11.8 Å². The molecule has 1 aliphatic heterocycles. The lowest BCUT2D eigenvalue weighted by atomic mass is 10.1. The van der Waals surface area contributed by atoms with Gasteiger partial charge in [0, 0.05) is 17.4 Å². The quantitative estimate of drug-likeness (QED) is 0.693. The molecule has 0 spiro atoms. The second-order valence-electron chi connectivity index (χ2n) is 6.05. The summed E-state index contributed by atoms with van der Waals surface area (Å²) < 4.78 is 7.01. The third-order valence-electron chi connectivity index (χ3n) is 4.25. The molecule has 27 heavy (non-hydrogen) atoms. The van der Waals surface area contributed by atoms with Gasteiger partial charge in [0.25, 0.3) is 0 Å². The first-order valence-corrected chi connectivity index (χ1v) is 9.34. The molecular formula is C20H16N2O4S. The number of hydrogen-bond donors (Lipinski definition) is 1. The van der Waals surface area contributed by atoms with Crippen LogP contribution in [0, 0.1) is 0 Å². The van der Waals surface area contributed by atoms with Gasteiger partial charge in [-0.25, -0.2) is 9.78 Å². The molecule has 1 unspecified atom stereocenters. The van der Waals surface area contributed by atoms with Crippen molar-refractivity contribution in [2.75, 3.05) is 0 Å². The Morgan fingerprint density at radius 1 is 1.15 bits per heavy atom. The molecule has 4 rings (SSSR count). The summed E-state index contributed by atoms with van der Waals surface area (Å²) >= 11 is 1.64. The van der Waals surface area contributed by atoms with Gasteiger partial charge in [-0.1, -0.05) is 42.5 Å². The molecule has 1 atom stereocenters. The van der Waals surface area contributed by atoms with E-state index in [9.17, 15) is 14.7 Å². The van der Waals surface area contributed by atoms with Crippen LogP contribution in [0.5, 0.6) is 0 Å². The fourth-order valence-electron chi connectivity index (χ4n) is 3.19. The van der Waals surface area contributed by atoms with Crippen molar-refractivity contribution in [3.05, 3.63) is 66.1 Å². The molecule has 0 aliphatic carbocycles. The van der Waals surface area contributed by atoms with Crippen LogP contribution in [0.2, 0.25) is 0 Å². The number of carbonyl (C=O) groups excluding carboxylic acids is 1. The molecular weight excluding hydrogens is 364 g/mol. The van der Waals surface area contributed by atoms with E-state index < -0.39 is 18.0 Å². The van der Waals surface area contributed by atoms with Crippen molar-refractivity contribution in [2.24, 2.45) is 0 Å². The zero-order valence-electron chi connectivity index (χ0n) is 14.5. The van der Waals surface area contributed by atoms with Crippen molar-refractivity contribution in [1.29, 1.82) is 0 Å². The van der Waals surface area contributed by atoms with Crippen molar-refractivity contribution >= 4 is 23.7 Å². The number of rotatable bonds is 4. The minimum atomic E-state index is -1.45. The highest BCUT2D eigenvalue weighted by molar-refractivity contribution is 7.98. The van der Waals surface area contributed by atoms with Gasteiger partial charge in [-0.15, -0.1) is 11.8 Å². The van der Waals surface area contributed by atoms with E-state index >= 15 is 0 Å². The molecule has 0 saturated carbocycles. The molecule has 0 radical (unpaired) electrons. The molecule has 7 heteroatoms. The van der Waals surface area contributed by atoms with Gasteiger partial charge in [-0.3, -0.25) is 9.36 Å². The van der Waals surface area contributed by atoms with Crippen molar-refractivity contribution in [2.45, 2.75) is 23.7 Å². The summed E-state index contributed by atoms with van der Waals surface area (Å²) in [6.45, 7) is 1.20. The van der Waals surface area contributed by atoms with E-state index in [4.69, 9.17) is 9.72 Å². The number of benzene rings is 2. The van der Waals surface area contributed by atoms with Crippen molar-refractivity contribution in [3.8, 4) is 16.9 Å². The Balaban J connectivity index is 2.01.